The Morgan fingerprint density at radius 1 is 1.23 bits per heavy atom. The van der Waals surface area contributed by atoms with Crippen molar-refractivity contribution in [1.29, 1.82) is 0 Å². The third-order valence-electron chi connectivity index (χ3n) is 5.61. The Hall–Kier alpha value is -1.69. The Kier molecular flexibility index (Phi) is 4.63. The van der Waals surface area contributed by atoms with E-state index in [0.29, 0.717) is 23.0 Å². The van der Waals surface area contributed by atoms with E-state index >= 15 is 0 Å². The van der Waals surface area contributed by atoms with Gasteiger partial charge in [-0.25, -0.2) is 0 Å². The van der Waals surface area contributed by atoms with Gasteiger partial charge in [-0.1, -0.05) is 23.7 Å². The monoisotopic (exact) mass is 388 g/mol. The van der Waals surface area contributed by atoms with Crippen molar-refractivity contribution in [2.45, 2.75) is 44.2 Å². The average molecular weight is 389 g/mol. The van der Waals surface area contributed by atoms with Gasteiger partial charge in [-0.15, -0.1) is 11.3 Å². The van der Waals surface area contributed by atoms with E-state index in [9.17, 15) is 9.59 Å². The second-order valence-electron chi connectivity index (χ2n) is 7.24. The van der Waals surface area contributed by atoms with Crippen LogP contribution in [0.3, 0.4) is 0 Å². The van der Waals surface area contributed by atoms with Crippen molar-refractivity contribution in [1.82, 2.24) is 4.90 Å². The van der Waals surface area contributed by atoms with Crippen molar-refractivity contribution in [2.24, 2.45) is 5.73 Å². The minimum absolute atomic E-state index is 0.0898. The standard InChI is InChI=1S/C20H21ClN2O2S/c1-23-13-6-7-15(23)18-16(9-13)26-17(19(18)20(22)25)10-14(24)8-11-2-4-12(21)5-3-11/h2-5,13,15H,6-10H2,1H3,(H2,22,25). The first-order valence-corrected chi connectivity index (χ1v) is 10.1. The molecule has 2 N–H and O–H groups in total. The molecule has 0 spiro atoms. The van der Waals surface area contributed by atoms with Gasteiger partial charge in [0.1, 0.15) is 5.78 Å². The summed E-state index contributed by atoms with van der Waals surface area (Å²) in [5.74, 6) is -0.317. The van der Waals surface area contributed by atoms with Crippen LogP contribution >= 0.6 is 22.9 Å². The minimum atomic E-state index is -0.407. The summed E-state index contributed by atoms with van der Waals surface area (Å²) < 4.78 is 0. The molecule has 2 unspecified atom stereocenters. The highest BCUT2D eigenvalue weighted by Gasteiger charge is 2.41. The van der Waals surface area contributed by atoms with Crippen LogP contribution in [0.25, 0.3) is 0 Å². The molecule has 4 rings (SSSR count). The molecule has 0 radical (unpaired) electrons. The van der Waals surface area contributed by atoms with Crippen molar-refractivity contribution in [2.75, 3.05) is 7.05 Å². The molecule has 1 saturated heterocycles. The number of ketones is 1. The zero-order valence-corrected chi connectivity index (χ0v) is 16.2. The number of primary amides is 1. The molecule has 1 aromatic carbocycles. The van der Waals surface area contributed by atoms with Crippen molar-refractivity contribution < 1.29 is 9.59 Å². The van der Waals surface area contributed by atoms with Crippen molar-refractivity contribution in [3.63, 3.8) is 0 Å². The summed E-state index contributed by atoms with van der Waals surface area (Å²) in [4.78, 5) is 29.2. The molecular weight excluding hydrogens is 368 g/mol. The Morgan fingerprint density at radius 3 is 2.65 bits per heavy atom. The molecule has 2 aliphatic rings. The third-order valence-corrected chi connectivity index (χ3v) is 7.09. The second-order valence-corrected chi connectivity index (χ2v) is 8.86. The minimum Gasteiger partial charge on any atom is -0.366 e. The Labute approximate surface area is 161 Å². The molecule has 2 aromatic rings. The van der Waals surface area contributed by atoms with E-state index in [1.807, 2.05) is 12.1 Å². The van der Waals surface area contributed by atoms with Crippen LogP contribution in [0.2, 0.25) is 5.02 Å². The summed E-state index contributed by atoms with van der Waals surface area (Å²) in [5, 5.41) is 0.655. The van der Waals surface area contributed by atoms with Crippen LogP contribution in [0.15, 0.2) is 24.3 Å². The maximum absolute atomic E-state index is 12.6. The molecule has 0 aliphatic carbocycles. The zero-order chi connectivity index (χ0) is 18.4. The van der Waals surface area contributed by atoms with E-state index in [1.165, 1.54) is 4.88 Å². The van der Waals surface area contributed by atoms with E-state index in [2.05, 4.69) is 11.9 Å². The number of nitrogens with zero attached hydrogens (tertiary/aromatic N) is 1. The van der Waals surface area contributed by atoms with Crippen molar-refractivity contribution >= 4 is 34.6 Å². The number of amides is 1. The first kappa shape index (κ1) is 17.7. The molecule has 2 bridgehead atoms. The number of carbonyl (C=O) groups is 2. The van der Waals surface area contributed by atoms with Gasteiger partial charge in [0.2, 0.25) is 5.91 Å². The maximum Gasteiger partial charge on any atom is 0.250 e. The first-order chi connectivity index (χ1) is 12.4. The number of benzene rings is 1. The highest BCUT2D eigenvalue weighted by Crippen LogP contribution is 2.48. The SMILES string of the molecule is CN1C2CCC1c1c(sc(CC(=O)Cc3ccc(Cl)cc3)c1C(N)=O)C2. The van der Waals surface area contributed by atoms with Gasteiger partial charge in [0.15, 0.2) is 0 Å². The Bertz CT molecular complexity index is 875. The lowest BCUT2D eigenvalue weighted by molar-refractivity contribution is -0.117. The van der Waals surface area contributed by atoms with Gasteiger partial charge in [0, 0.05) is 39.7 Å². The Morgan fingerprint density at radius 2 is 1.96 bits per heavy atom. The molecule has 2 atom stereocenters. The molecule has 6 heteroatoms. The van der Waals surface area contributed by atoms with Gasteiger partial charge in [0.05, 0.1) is 5.56 Å². The molecular formula is C20H21ClN2O2S. The van der Waals surface area contributed by atoms with E-state index in [4.69, 9.17) is 17.3 Å². The second kappa shape index (κ2) is 6.80. The average Bonchev–Trinajstić information content (AvgIpc) is 3.05. The number of carbonyl (C=O) groups excluding carboxylic acids is 2. The Balaban J connectivity index is 1.60. The van der Waals surface area contributed by atoms with E-state index in [0.717, 1.165) is 35.3 Å². The highest BCUT2D eigenvalue weighted by atomic mass is 35.5. The summed E-state index contributed by atoms with van der Waals surface area (Å²) in [6, 6.07) is 8.11. The largest absolute Gasteiger partial charge is 0.366 e. The lowest BCUT2D eigenvalue weighted by atomic mass is 9.94. The van der Waals surface area contributed by atoms with Gasteiger partial charge < -0.3 is 5.73 Å². The number of likely N-dealkylation sites (N-methyl/N-ethyl adjacent to an activating group) is 1. The summed E-state index contributed by atoms with van der Waals surface area (Å²) in [7, 11) is 2.12. The number of rotatable bonds is 5. The fraction of sp³-hybridized carbons (Fsp3) is 0.400. The topological polar surface area (TPSA) is 63.4 Å². The summed E-state index contributed by atoms with van der Waals surface area (Å²) in [6.07, 6.45) is 3.77. The van der Waals surface area contributed by atoms with Crippen molar-refractivity contribution in [3.05, 3.63) is 55.7 Å². The summed E-state index contributed by atoms with van der Waals surface area (Å²) in [6.45, 7) is 0. The number of nitrogens with two attached hydrogens (primary N) is 1. The van der Waals surface area contributed by atoms with Gasteiger partial charge in [-0.3, -0.25) is 14.5 Å². The van der Waals surface area contributed by atoms with Crippen molar-refractivity contribution in [3.8, 4) is 0 Å². The molecule has 26 heavy (non-hydrogen) atoms. The van der Waals surface area contributed by atoms with Crippen LogP contribution in [0.4, 0.5) is 0 Å². The molecule has 4 nitrogen and oxygen atoms in total. The normalized spacial score (nSPS) is 21.6. The molecule has 0 saturated carbocycles. The number of thiophene rings is 1. The summed E-state index contributed by atoms with van der Waals surface area (Å²) in [5.41, 5.74) is 8.35. The lowest BCUT2D eigenvalue weighted by Crippen LogP contribution is -2.34. The molecule has 2 aliphatic heterocycles. The fourth-order valence-corrected chi connectivity index (χ4v) is 5.93. The molecule has 1 amide bonds. The van der Waals surface area contributed by atoms with E-state index in [1.54, 1.807) is 23.5 Å². The molecule has 3 heterocycles. The van der Waals surface area contributed by atoms with Gasteiger partial charge in [0.25, 0.3) is 0 Å². The smallest absolute Gasteiger partial charge is 0.250 e. The number of fused-ring (bicyclic) bond motifs is 4. The molecule has 1 fully saturated rings. The fourth-order valence-electron chi connectivity index (χ4n) is 4.33. The quantitative estimate of drug-likeness (QED) is 0.851. The van der Waals surface area contributed by atoms with Crippen LogP contribution in [-0.4, -0.2) is 29.7 Å². The molecule has 1 aromatic heterocycles. The van der Waals surface area contributed by atoms with Gasteiger partial charge in [-0.2, -0.15) is 0 Å². The molecule has 136 valence electrons. The van der Waals surface area contributed by atoms with Crippen LogP contribution in [0.5, 0.6) is 0 Å². The predicted octanol–water partition coefficient (Wildman–Crippen LogP) is 3.55. The summed E-state index contributed by atoms with van der Waals surface area (Å²) >= 11 is 7.51. The van der Waals surface area contributed by atoms with E-state index in [-0.39, 0.29) is 18.2 Å². The number of hydrogen-bond acceptors (Lipinski definition) is 4. The van der Waals surface area contributed by atoms with E-state index < -0.39 is 5.91 Å². The first-order valence-electron chi connectivity index (χ1n) is 8.86. The third kappa shape index (κ3) is 3.08. The predicted molar refractivity (Wildman–Crippen MR) is 104 cm³/mol. The van der Waals surface area contributed by atoms with Crippen LogP contribution in [-0.2, 0) is 24.1 Å². The maximum atomic E-state index is 12.6. The van der Waals surface area contributed by atoms with Crippen LogP contribution in [0.1, 0.15) is 50.1 Å². The van der Waals surface area contributed by atoms with Gasteiger partial charge >= 0.3 is 0 Å². The van der Waals surface area contributed by atoms with Crippen LogP contribution in [0, 0.1) is 0 Å². The number of hydrogen-bond donors (Lipinski definition) is 1. The zero-order valence-electron chi connectivity index (χ0n) is 14.6. The lowest BCUT2D eigenvalue weighted by Gasteiger charge is -2.31. The van der Waals surface area contributed by atoms with Crippen LogP contribution < -0.4 is 5.73 Å². The number of halogens is 1. The van der Waals surface area contributed by atoms with Gasteiger partial charge in [-0.05, 0) is 49.6 Å². The highest BCUT2D eigenvalue weighted by molar-refractivity contribution is 7.12. The number of Topliss-reactive ketones (excluding diaryl/α,β-unsaturated/α-hetero) is 1.